The average Bonchev–Trinajstić information content (AvgIpc) is 3.67. The third kappa shape index (κ3) is 12.1. The van der Waals surface area contributed by atoms with Gasteiger partial charge in [0.25, 0.3) is 11.8 Å². The van der Waals surface area contributed by atoms with Crippen LogP contribution in [0.1, 0.15) is 48.8 Å². The van der Waals surface area contributed by atoms with Crippen LogP contribution in [-0.4, -0.2) is 141 Å². The number of hydrogen-bond donors (Lipinski definition) is 5. The summed E-state index contributed by atoms with van der Waals surface area (Å²) in [6, 6.07) is 17.9. The van der Waals surface area contributed by atoms with Crippen molar-refractivity contribution in [3.05, 3.63) is 83.1 Å². The number of piperidine rings is 1. The molecule has 58 heavy (non-hydrogen) atoms. The first-order valence-corrected chi connectivity index (χ1v) is 21.0. The number of nitrogens with one attached hydrogen (secondary N) is 1. The molecule has 1 aromatic heterocycles. The van der Waals surface area contributed by atoms with Crippen LogP contribution in [-0.2, 0) is 41.4 Å². The monoisotopic (exact) mass is 871 g/mol. The second-order valence-electron chi connectivity index (χ2n) is 13.5. The van der Waals surface area contributed by atoms with Gasteiger partial charge in [-0.25, -0.2) is 17.9 Å². The number of benzene rings is 2. The maximum atomic E-state index is 12.7. The molecule has 19 nitrogen and oxygen atoms in total. The largest absolute Gasteiger partial charge is 1.00 e. The number of aromatic nitrogens is 4. The van der Waals surface area contributed by atoms with E-state index in [2.05, 4.69) is 32.8 Å². The minimum absolute atomic E-state index is 0. The molecule has 3 aromatic rings. The van der Waals surface area contributed by atoms with Gasteiger partial charge in [0.2, 0.25) is 15.6 Å². The van der Waals surface area contributed by atoms with Crippen LogP contribution in [0, 0.1) is 0 Å². The number of aliphatic carboxylic acids is 1. The van der Waals surface area contributed by atoms with E-state index < -0.39 is 51.6 Å². The number of aryl methyl sites for hydroxylation is 1. The van der Waals surface area contributed by atoms with E-state index in [1.54, 1.807) is 37.4 Å². The van der Waals surface area contributed by atoms with E-state index in [0.717, 1.165) is 18.4 Å². The topological polar surface area (TPSA) is 278 Å². The third-order valence-electron chi connectivity index (χ3n) is 9.87. The van der Waals surface area contributed by atoms with Crippen molar-refractivity contribution in [2.45, 2.75) is 72.5 Å². The Hall–Kier alpha value is -3.42. The van der Waals surface area contributed by atoms with Gasteiger partial charge in [0.15, 0.2) is 6.10 Å². The minimum Gasteiger partial charge on any atom is -0.726 e. The Labute approximate surface area is 364 Å². The molecule has 3 fully saturated rings. The molecule has 0 radical (unpaired) electrons. The molecule has 2 amide bonds. The fourth-order valence-corrected chi connectivity index (χ4v) is 9.35. The van der Waals surface area contributed by atoms with Gasteiger partial charge >= 0.3 is 41.5 Å². The fourth-order valence-electron chi connectivity index (χ4n) is 7.01. The van der Waals surface area contributed by atoms with Crippen molar-refractivity contribution < 1.29 is 86.3 Å². The molecule has 2 bridgehead atoms. The van der Waals surface area contributed by atoms with E-state index in [9.17, 15) is 34.5 Å². The normalized spacial score (nSPS) is 23.3. The van der Waals surface area contributed by atoms with Crippen LogP contribution in [0.4, 0.5) is 0 Å². The number of β-lactam (4-membered cyclic amide) rings is 1. The Kier molecular flexibility index (Phi) is 17.3. The summed E-state index contributed by atoms with van der Waals surface area (Å²) in [6.45, 7) is -0.206. The SMILES string of the molecule is CN1[C@@H]2CC[C@H]1CC(OC(=O)C(CO)c1ccccc1)C2.Cn1nnnc1SCC1=C(C(=O)O)N2C(=O)[C@@H](NC(=O)[C@H](O)c3ccccc3)[C@H]2SC1.O=S(=O)([O-])O.[Na+]. The van der Waals surface area contributed by atoms with Crippen LogP contribution >= 0.6 is 23.5 Å². The van der Waals surface area contributed by atoms with E-state index in [4.69, 9.17) is 22.3 Å². The smallest absolute Gasteiger partial charge is 0.726 e. The zero-order valence-corrected chi connectivity index (χ0v) is 36.2. The summed E-state index contributed by atoms with van der Waals surface area (Å²) in [5.41, 5.74) is 1.72. The van der Waals surface area contributed by atoms with Crippen molar-refractivity contribution in [2.75, 3.05) is 25.2 Å². The van der Waals surface area contributed by atoms with E-state index in [-0.39, 0.29) is 53.9 Å². The number of fused-ring (bicyclic) bond motifs is 3. The number of aliphatic hydroxyl groups is 2. The van der Waals surface area contributed by atoms with Gasteiger partial charge in [-0.15, -0.1) is 16.9 Å². The summed E-state index contributed by atoms with van der Waals surface area (Å²) in [5, 5.41) is 43.1. The third-order valence-corrected chi connectivity index (χ3v) is 12.3. The van der Waals surface area contributed by atoms with Crippen LogP contribution in [0.2, 0.25) is 0 Å². The average molecular weight is 872 g/mol. The van der Waals surface area contributed by atoms with Gasteiger partial charge in [0.1, 0.15) is 29.1 Å². The second kappa shape index (κ2) is 21.2. The quantitative estimate of drug-likeness (QED) is 0.0339. The Balaban J connectivity index is 0.000000239. The predicted molar refractivity (Wildman–Crippen MR) is 203 cm³/mol. The molecule has 2 aromatic carbocycles. The Bertz CT molecular complexity index is 2030. The second-order valence-corrected chi connectivity index (χ2v) is 16.4. The van der Waals surface area contributed by atoms with Gasteiger partial charge in [-0.2, -0.15) is 0 Å². The van der Waals surface area contributed by atoms with Gasteiger partial charge in [0, 0.05) is 30.6 Å². The summed E-state index contributed by atoms with van der Waals surface area (Å²) in [5.74, 6) is -2.61. The molecule has 4 aliphatic heterocycles. The van der Waals surface area contributed by atoms with E-state index >= 15 is 0 Å². The number of esters is 1. The minimum atomic E-state index is -4.92. The number of aliphatic hydroxyl groups excluding tert-OH is 2. The van der Waals surface area contributed by atoms with E-state index in [0.29, 0.717) is 39.9 Å². The summed E-state index contributed by atoms with van der Waals surface area (Å²) in [6.07, 6.45) is 2.84. The van der Waals surface area contributed by atoms with Crippen LogP contribution in [0.3, 0.4) is 0 Å². The number of carboxylic acids is 1. The molecule has 308 valence electrons. The van der Waals surface area contributed by atoms with Crippen molar-refractivity contribution in [1.82, 2.24) is 35.3 Å². The molecule has 0 aliphatic carbocycles. The van der Waals surface area contributed by atoms with Crippen LogP contribution in [0.25, 0.3) is 0 Å². The Morgan fingerprint density at radius 2 is 1.60 bits per heavy atom. The maximum Gasteiger partial charge on any atom is 1.00 e. The summed E-state index contributed by atoms with van der Waals surface area (Å²) < 4.78 is 40.0. The number of nitrogens with zero attached hydrogens (tertiary/aromatic N) is 6. The van der Waals surface area contributed by atoms with Gasteiger partial charge in [-0.1, -0.05) is 72.4 Å². The first kappa shape index (κ1) is 47.3. The predicted octanol–water partition coefficient (Wildman–Crippen LogP) is -2.29. The van der Waals surface area contributed by atoms with Crippen molar-refractivity contribution in [3.8, 4) is 0 Å². The molecule has 0 spiro atoms. The Morgan fingerprint density at radius 1 is 1.03 bits per heavy atom. The van der Waals surface area contributed by atoms with Crippen LogP contribution in [0.15, 0.2) is 77.1 Å². The van der Waals surface area contributed by atoms with Crippen molar-refractivity contribution >= 4 is 57.7 Å². The molecule has 5 heterocycles. The van der Waals surface area contributed by atoms with Crippen LogP contribution in [0.5, 0.6) is 0 Å². The summed E-state index contributed by atoms with van der Waals surface area (Å²) in [7, 11) is -1.07. The molecular weight excluding hydrogens is 830 g/mol. The van der Waals surface area contributed by atoms with Gasteiger partial charge in [0.05, 0.1) is 6.61 Å². The number of hydrogen-bond acceptors (Lipinski definition) is 16. The van der Waals surface area contributed by atoms with Gasteiger partial charge < -0.3 is 34.8 Å². The molecule has 2 unspecified atom stereocenters. The molecule has 23 heteroatoms. The standard InChI is InChI=1S/C18H18N6O5S2.C17H23NO3.Na.H2O4S/c1-23-18(20-21-22-23)31-8-10-7-30-16-11(15(27)24(16)12(10)17(28)29)19-14(26)13(25)9-5-3-2-4-6-9;1-18-13-7-8-14(18)10-15(9-13)21-17(20)16(11-19)12-5-3-2-4-6-12;;1-5(2,3)4/h2-6,11,13,16,25H,7-8H2,1H3,(H,19,26)(H,28,29);2-6,13-16,19H,7-11H2,1H3;;(H2,1,2,3,4)/q;;+1;/p-1/t11-,13-,16-;13-,14+,15?,16?;;/m1.../s1. The zero-order valence-electron chi connectivity index (χ0n) is 31.7. The maximum absolute atomic E-state index is 12.7. The number of tetrazole rings is 1. The van der Waals surface area contributed by atoms with Crippen molar-refractivity contribution in [2.24, 2.45) is 7.05 Å². The zero-order chi connectivity index (χ0) is 41.4. The number of ether oxygens (including phenoxy) is 1. The van der Waals surface area contributed by atoms with Crippen LogP contribution < -0.4 is 34.9 Å². The van der Waals surface area contributed by atoms with Gasteiger partial charge in [-0.05, 0) is 59.9 Å². The Morgan fingerprint density at radius 3 is 2.12 bits per heavy atom. The molecule has 3 saturated heterocycles. The fraction of sp³-hybridized carbons (Fsp3) is 0.457. The van der Waals surface area contributed by atoms with Crippen molar-refractivity contribution in [1.29, 1.82) is 0 Å². The number of carbonyl (C=O) groups excluding carboxylic acids is 3. The molecule has 4 aliphatic rings. The summed E-state index contributed by atoms with van der Waals surface area (Å²) >= 11 is 2.64. The number of amides is 2. The molecule has 7 atom stereocenters. The van der Waals surface area contributed by atoms with E-state index in [1.165, 1.54) is 45.9 Å². The summed E-state index contributed by atoms with van der Waals surface area (Å²) in [4.78, 5) is 53.0. The molecule has 7 rings (SSSR count). The first-order valence-electron chi connectivity index (χ1n) is 17.6. The van der Waals surface area contributed by atoms with E-state index in [1.807, 2.05) is 30.3 Å². The number of carbonyl (C=O) groups is 4. The van der Waals surface area contributed by atoms with Gasteiger partial charge in [-0.3, -0.25) is 23.8 Å². The first-order chi connectivity index (χ1) is 27.1. The number of rotatable bonds is 11. The number of carboxylic acid groups (broad SMARTS) is 1. The molecule has 5 N–H and O–H groups in total. The molecular formula is C35H42N7NaO12S3. The number of thioether (sulfide) groups is 2. The molecule has 0 saturated carbocycles. The van der Waals surface area contributed by atoms with Crippen molar-refractivity contribution in [3.63, 3.8) is 0 Å².